The number of amides is 1. The molecule has 0 atom stereocenters. The predicted molar refractivity (Wildman–Crippen MR) is 128 cm³/mol. The molecule has 4 aromatic rings. The van der Waals surface area contributed by atoms with Crippen molar-refractivity contribution in [2.75, 3.05) is 7.05 Å². The molecule has 2 aromatic heterocycles. The van der Waals surface area contributed by atoms with E-state index in [-0.39, 0.29) is 18.2 Å². The molecule has 0 spiro atoms. The molecule has 0 unspecified atom stereocenters. The predicted octanol–water partition coefficient (Wildman–Crippen LogP) is 2.80. The maximum Gasteiger partial charge on any atom is 0.220 e. The first-order valence-corrected chi connectivity index (χ1v) is 12.4. The van der Waals surface area contributed by atoms with E-state index < -0.39 is 10.0 Å². The van der Waals surface area contributed by atoms with E-state index in [9.17, 15) is 13.2 Å². The third-order valence-electron chi connectivity index (χ3n) is 5.87. The number of aryl methyl sites for hydroxylation is 2. The van der Waals surface area contributed by atoms with Gasteiger partial charge in [0.15, 0.2) is 5.65 Å². The van der Waals surface area contributed by atoms with Gasteiger partial charge in [-0.3, -0.25) is 4.79 Å². The van der Waals surface area contributed by atoms with Gasteiger partial charge in [-0.1, -0.05) is 36.4 Å². The Labute approximate surface area is 193 Å². The second-order valence-corrected chi connectivity index (χ2v) is 9.95. The molecule has 0 saturated heterocycles. The monoisotopic (exact) mass is 465 g/mol. The van der Waals surface area contributed by atoms with Gasteiger partial charge in [0, 0.05) is 29.7 Å². The van der Waals surface area contributed by atoms with Gasteiger partial charge in [0.2, 0.25) is 15.9 Å². The van der Waals surface area contributed by atoms with E-state index in [1.807, 2.05) is 54.8 Å². The van der Waals surface area contributed by atoms with Crippen molar-refractivity contribution >= 4 is 32.5 Å². The number of fused-ring (bicyclic) bond motifs is 3. The van der Waals surface area contributed by atoms with Crippen molar-refractivity contribution in [3.8, 4) is 0 Å². The normalized spacial score (nSPS) is 11.8. The van der Waals surface area contributed by atoms with Crippen molar-refractivity contribution in [3.63, 3.8) is 0 Å². The number of benzene rings is 2. The lowest BCUT2D eigenvalue weighted by Gasteiger charge is -2.13. The van der Waals surface area contributed by atoms with E-state index in [1.165, 1.54) is 7.05 Å². The SMILES string of the molecule is CNS(=O)(=O)Cc1ccccc1CNC(=O)CCc1c(C)nc2c3ccccc3nn2c1C. The molecule has 2 aromatic carbocycles. The number of carbonyl (C=O) groups excluding carboxylic acids is 1. The van der Waals surface area contributed by atoms with Gasteiger partial charge in [0.1, 0.15) is 0 Å². The number of carbonyl (C=O) groups is 1. The molecule has 0 aliphatic rings. The van der Waals surface area contributed by atoms with Crippen LogP contribution in [0, 0.1) is 13.8 Å². The fourth-order valence-electron chi connectivity index (χ4n) is 4.01. The van der Waals surface area contributed by atoms with Crippen LogP contribution in [0.4, 0.5) is 0 Å². The van der Waals surface area contributed by atoms with Crippen molar-refractivity contribution in [1.29, 1.82) is 0 Å². The quantitative estimate of drug-likeness (QED) is 0.416. The standard InChI is InChI=1S/C24H27N5O3S/c1-16-20(17(2)29-24(27-16)21-10-6-7-11-22(21)28-29)12-13-23(30)26-14-18-8-4-5-9-19(18)15-33(31,32)25-3/h4-11,25H,12-15H2,1-3H3,(H,26,30). The zero-order valence-corrected chi connectivity index (χ0v) is 19.7. The lowest BCUT2D eigenvalue weighted by molar-refractivity contribution is -0.121. The number of rotatable bonds is 8. The van der Waals surface area contributed by atoms with Gasteiger partial charge in [0.05, 0.1) is 11.3 Å². The zero-order chi connectivity index (χ0) is 23.6. The molecule has 0 radical (unpaired) electrons. The summed E-state index contributed by atoms with van der Waals surface area (Å²) in [6.45, 7) is 4.23. The van der Waals surface area contributed by atoms with E-state index in [1.54, 1.807) is 12.1 Å². The van der Waals surface area contributed by atoms with Gasteiger partial charge < -0.3 is 5.32 Å². The second-order valence-electron chi connectivity index (χ2n) is 8.02. The Morgan fingerprint density at radius 1 is 1.03 bits per heavy atom. The van der Waals surface area contributed by atoms with Crippen molar-refractivity contribution in [2.45, 2.75) is 39.0 Å². The van der Waals surface area contributed by atoms with Crippen molar-refractivity contribution < 1.29 is 13.2 Å². The van der Waals surface area contributed by atoms with Crippen LogP contribution in [-0.4, -0.2) is 36.0 Å². The van der Waals surface area contributed by atoms with Gasteiger partial charge in [-0.25, -0.2) is 22.6 Å². The molecule has 9 heteroatoms. The Hall–Kier alpha value is -3.30. The Bertz CT molecular complexity index is 1440. The molecular weight excluding hydrogens is 438 g/mol. The molecule has 0 bridgehead atoms. The molecule has 2 N–H and O–H groups in total. The van der Waals surface area contributed by atoms with Crippen LogP contribution in [0.2, 0.25) is 0 Å². The van der Waals surface area contributed by atoms with E-state index in [4.69, 9.17) is 4.98 Å². The molecule has 172 valence electrons. The van der Waals surface area contributed by atoms with Crippen molar-refractivity contribution in [2.24, 2.45) is 0 Å². The summed E-state index contributed by atoms with van der Waals surface area (Å²) in [7, 11) is -2.00. The first-order valence-electron chi connectivity index (χ1n) is 10.8. The Balaban J connectivity index is 1.45. The topological polar surface area (TPSA) is 105 Å². The summed E-state index contributed by atoms with van der Waals surface area (Å²) in [5, 5.41) is 8.59. The third-order valence-corrected chi connectivity index (χ3v) is 7.18. The molecule has 33 heavy (non-hydrogen) atoms. The minimum absolute atomic E-state index is 0.106. The van der Waals surface area contributed by atoms with Crippen LogP contribution in [-0.2, 0) is 33.5 Å². The van der Waals surface area contributed by atoms with Crippen LogP contribution in [0.1, 0.15) is 34.5 Å². The summed E-state index contributed by atoms with van der Waals surface area (Å²) >= 11 is 0. The number of hydrogen-bond donors (Lipinski definition) is 2. The van der Waals surface area contributed by atoms with Crippen LogP contribution in [0.5, 0.6) is 0 Å². The number of nitrogens with zero attached hydrogens (tertiary/aromatic N) is 3. The maximum atomic E-state index is 12.6. The molecule has 0 aliphatic carbocycles. The highest BCUT2D eigenvalue weighted by Gasteiger charge is 2.16. The molecule has 1 amide bonds. The summed E-state index contributed by atoms with van der Waals surface area (Å²) in [4.78, 5) is 17.3. The van der Waals surface area contributed by atoms with E-state index in [0.29, 0.717) is 18.4 Å². The average Bonchev–Trinajstić information content (AvgIpc) is 3.17. The Morgan fingerprint density at radius 3 is 2.48 bits per heavy atom. The minimum Gasteiger partial charge on any atom is -0.352 e. The van der Waals surface area contributed by atoms with Gasteiger partial charge in [0.25, 0.3) is 0 Å². The summed E-state index contributed by atoms with van der Waals surface area (Å²) in [5.74, 6) is -0.233. The van der Waals surface area contributed by atoms with Gasteiger partial charge in [-0.2, -0.15) is 5.10 Å². The van der Waals surface area contributed by atoms with Crippen molar-refractivity contribution in [1.82, 2.24) is 24.6 Å². The lowest BCUT2D eigenvalue weighted by Crippen LogP contribution is -2.25. The summed E-state index contributed by atoms with van der Waals surface area (Å²) in [6.07, 6.45) is 0.838. The van der Waals surface area contributed by atoms with E-state index in [2.05, 4.69) is 15.1 Å². The number of sulfonamides is 1. The highest BCUT2D eigenvalue weighted by molar-refractivity contribution is 7.88. The summed E-state index contributed by atoms with van der Waals surface area (Å²) in [5.41, 5.74) is 6.03. The molecule has 4 rings (SSSR count). The van der Waals surface area contributed by atoms with Crippen LogP contribution < -0.4 is 10.0 Å². The zero-order valence-electron chi connectivity index (χ0n) is 18.9. The smallest absolute Gasteiger partial charge is 0.220 e. The Morgan fingerprint density at radius 2 is 1.73 bits per heavy atom. The van der Waals surface area contributed by atoms with E-state index >= 15 is 0 Å². The Kier molecular flexibility index (Phi) is 6.44. The van der Waals surface area contributed by atoms with Gasteiger partial charge in [-0.05, 0) is 56.1 Å². The summed E-state index contributed by atoms with van der Waals surface area (Å²) in [6, 6.07) is 15.1. The first kappa shape index (κ1) is 22.9. The first-order chi connectivity index (χ1) is 15.8. The maximum absolute atomic E-state index is 12.6. The number of nitrogens with one attached hydrogen (secondary N) is 2. The molecule has 0 fully saturated rings. The van der Waals surface area contributed by atoms with Crippen LogP contribution in [0.3, 0.4) is 0 Å². The van der Waals surface area contributed by atoms with E-state index in [0.717, 1.165) is 39.1 Å². The fraction of sp³-hybridized carbons (Fsp3) is 0.292. The van der Waals surface area contributed by atoms with Crippen LogP contribution in [0.25, 0.3) is 16.6 Å². The fourth-order valence-corrected chi connectivity index (χ4v) is 4.84. The molecule has 0 saturated carbocycles. The highest BCUT2D eigenvalue weighted by atomic mass is 32.2. The molecule has 0 aliphatic heterocycles. The number of aromatic nitrogens is 3. The largest absolute Gasteiger partial charge is 0.352 e. The van der Waals surface area contributed by atoms with Crippen LogP contribution in [0.15, 0.2) is 48.5 Å². The molecule has 2 heterocycles. The second kappa shape index (κ2) is 9.29. The van der Waals surface area contributed by atoms with Crippen LogP contribution >= 0.6 is 0 Å². The highest BCUT2D eigenvalue weighted by Crippen LogP contribution is 2.23. The lowest BCUT2D eigenvalue weighted by atomic mass is 10.1. The third kappa shape index (κ3) is 4.89. The van der Waals surface area contributed by atoms with Crippen molar-refractivity contribution in [3.05, 3.63) is 76.6 Å². The number of hydrogen-bond acceptors (Lipinski definition) is 5. The minimum atomic E-state index is -3.40. The van der Waals surface area contributed by atoms with Gasteiger partial charge >= 0.3 is 0 Å². The average molecular weight is 466 g/mol. The molecule has 8 nitrogen and oxygen atoms in total. The summed E-state index contributed by atoms with van der Waals surface area (Å²) < 4.78 is 28.0. The van der Waals surface area contributed by atoms with Gasteiger partial charge in [-0.15, -0.1) is 0 Å². The molecular formula is C24H27N5O3S.